The fourth-order valence-electron chi connectivity index (χ4n) is 2.11. The summed E-state index contributed by atoms with van der Waals surface area (Å²) in [5.41, 5.74) is 3.12. The first-order chi connectivity index (χ1) is 10.4. The summed E-state index contributed by atoms with van der Waals surface area (Å²) >= 11 is 0. The van der Waals surface area contributed by atoms with Crippen molar-refractivity contribution in [3.63, 3.8) is 0 Å². The summed E-state index contributed by atoms with van der Waals surface area (Å²) in [7, 11) is 1.63. The first-order valence-corrected chi connectivity index (χ1v) is 7.44. The maximum atomic E-state index is 11.5. The SMILES string of the molecule is CNC(=O)c1ccc(COc2ccc(C(C)(C)C)cc2)cc1. The Morgan fingerprint density at radius 1 is 1.00 bits per heavy atom. The number of amides is 1. The highest BCUT2D eigenvalue weighted by Crippen LogP contribution is 2.24. The van der Waals surface area contributed by atoms with Gasteiger partial charge in [-0.2, -0.15) is 0 Å². The van der Waals surface area contributed by atoms with E-state index in [0.717, 1.165) is 11.3 Å². The molecule has 0 aliphatic carbocycles. The van der Waals surface area contributed by atoms with Crippen LogP contribution in [0.5, 0.6) is 5.75 Å². The van der Waals surface area contributed by atoms with Crippen LogP contribution in [0.3, 0.4) is 0 Å². The van der Waals surface area contributed by atoms with E-state index >= 15 is 0 Å². The quantitative estimate of drug-likeness (QED) is 0.928. The average Bonchev–Trinajstić information content (AvgIpc) is 2.52. The minimum Gasteiger partial charge on any atom is -0.489 e. The van der Waals surface area contributed by atoms with Gasteiger partial charge < -0.3 is 10.1 Å². The molecule has 0 saturated carbocycles. The Bertz CT molecular complexity index is 622. The van der Waals surface area contributed by atoms with Gasteiger partial charge in [-0.3, -0.25) is 4.79 Å². The molecule has 0 spiro atoms. The van der Waals surface area contributed by atoms with Gasteiger partial charge in [0, 0.05) is 12.6 Å². The number of rotatable bonds is 4. The van der Waals surface area contributed by atoms with E-state index in [4.69, 9.17) is 4.74 Å². The number of benzene rings is 2. The highest BCUT2D eigenvalue weighted by molar-refractivity contribution is 5.93. The van der Waals surface area contributed by atoms with Crippen LogP contribution in [0.4, 0.5) is 0 Å². The number of carbonyl (C=O) groups is 1. The van der Waals surface area contributed by atoms with Gasteiger partial charge in [-0.15, -0.1) is 0 Å². The summed E-state index contributed by atoms with van der Waals surface area (Å²) in [5.74, 6) is 0.772. The average molecular weight is 297 g/mol. The molecule has 0 bridgehead atoms. The Kier molecular flexibility index (Phi) is 4.86. The van der Waals surface area contributed by atoms with E-state index in [1.54, 1.807) is 19.2 Å². The smallest absolute Gasteiger partial charge is 0.251 e. The fraction of sp³-hybridized carbons (Fsp3) is 0.316. The van der Waals surface area contributed by atoms with Crippen LogP contribution < -0.4 is 10.1 Å². The lowest BCUT2D eigenvalue weighted by molar-refractivity contribution is 0.0963. The van der Waals surface area contributed by atoms with E-state index in [1.165, 1.54) is 5.56 Å². The first-order valence-electron chi connectivity index (χ1n) is 7.44. The van der Waals surface area contributed by atoms with Gasteiger partial charge in [0.05, 0.1) is 0 Å². The van der Waals surface area contributed by atoms with E-state index < -0.39 is 0 Å². The Balaban J connectivity index is 1.97. The van der Waals surface area contributed by atoms with Crippen molar-refractivity contribution in [2.75, 3.05) is 7.05 Å². The molecule has 2 aromatic carbocycles. The van der Waals surface area contributed by atoms with Gasteiger partial charge in [-0.05, 0) is 40.8 Å². The second kappa shape index (κ2) is 6.65. The highest BCUT2D eigenvalue weighted by atomic mass is 16.5. The molecule has 1 N–H and O–H groups in total. The fourth-order valence-corrected chi connectivity index (χ4v) is 2.11. The van der Waals surface area contributed by atoms with E-state index in [0.29, 0.717) is 12.2 Å². The summed E-state index contributed by atoms with van der Waals surface area (Å²) in [6.07, 6.45) is 0. The van der Waals surface area contributed by atoms with Crippen LogP contribution in [-0.4, -0.2) is 13.0 Å². The minimum atomic E-state index is -0.0785. The number of hydrogen-bond acceptors (Lipinski definition) is 2. The van der Waals surface area contributed by atoms with Crippen molar-refractivity contribution in [3.8, 4) is 5.75 Å². The molecule has 0 atom stereocenters. The molecule has 3 heteroatoms. The van der Waals surface area contributed by atoms with Gasteiger partial charge in [0.15, 0.2) is 0 Å². The number of hydrogen-bond donors (Lipinski definition) is 1. The highest BCUT2D eigenvalue weighted by Gasteiger charge is 2.12. The molecule has 0 saturated heterocycles. The third kappa shape index (κ3) is 4.10. The van der Waals surface area contributed by atoms with Crippen LogP contribution in [0.1, 0.15) is 42.3 Å². The Hall–Kier alpha value is -2.29. The van der Waals surface area contributed by atoms with Crippen LogP contribution >= 0.6 is 0 Å². The van der Waals surface area contributed by atoms with Crippen molar-refractivity contribution in [1.29, 1.82) is 0 Å². The van der Waals surface area contributed by atoms with Gasteiger partial charge in [0.25, 0.3) is 5.91 Å². The van der Waals surface area contributed by atoms with Crippen molar-refractivity contribution in [1.82, 2.24) is 5.32 Å². The molecule has 0 heterocycles. The minimum absolute atomic E-state index is 0.0785. The monoisotopic (exact) mass is 297 g/mol. The number of carbonyl (C=O) groups excluding carboxylic acids is 1. The lowest BCUT2D eigenvalue weighted by atomic mass is 9.87. The molecule has 0 radical (unpaired) electrons. The van der Waals surface area contributed by atoms with E-state index in [1.807, 2.05) is 24.3 Å². The predicted molar refractivity (Wildman–Crippen MR) is 89.3 cm³/mol. The molecule has 0 aliphatic heterocycles. The van der Waals surface area contributed by atoms with Crippen molar-refractivity contribution in [2.24, 2.45) is 0 Å². The summed E-state index contributed by atoms with van der Waals surface area (Å²) in [6, 6.07) is 15.6. The third-order valence-electron chi connectivity index (χ3n) is 3.57. The topological polar surface area (TPSA) is 38.3 Å². The summed E-state index contributed by atoms with van der Waals surface area (Å²) < 4.78 is 5.79. The zero-order chi connectivity index (χ0) is 16.2. The second-order valence-electron chi connectivity index (χ2n) is 6.34. The zero-order valence-electron chi connectivity index (χ0n) is 13.6. The lowest BCUT2D eigenvalue weighted by Gasteiger charge is -2.19. The number of nitrogens with one attached hydrogen (secondary N) is 1. The van der Waals surface area contributed by atoms with Gasteiger partial charge in [-0.25, -0.2) is 0 Å². The van der Waals surface area contributed by atoms with Crippen LogP contribution in [0.2, 0.25) is 0 Å². The maximum Gasteiger partial charge on any atom is 0.251 e. The molecule has 3 nitrogen and oxygen atoms in total. The van der Waals surface area contributed by atoms with Gasteiger partial charge in [0.2, 0.25) is 0 Å². The molecule has 2 rings (SSSR count). The Morgan fingerprint density at radius 2 is 1.59 bits per heavy atom. The molecular weight excluding hydrogens is 274 g/mol. The molecule has 116 valence electrons. The van der Waals surface area contributed by atoms with Gasteiger partial charge in [0.1, 0.15) is 12.4 Å². The van der Waals surface area contributed by atoms with Crippen LogP contribution in [0, 0.1) is 0 Å². The predicted octanol–water partition coefficient (Wildman–Crippen LogP) is 3.92. The van der Waals surface area contributed by atoms with Gasteiger partial charge in [-0.1, -0.05) is 45.0 Å². The van der Waals surface area contributed by atoms with Crippen molar-refractivity contribution >= 4 is 5.91 Å². The molecular formula is C19H23NO2. The normalized spacial score (nSPS) is 11.1. The lowest BCUT2D eigenvalue weighted by Crippen LogP contribution is -2.17. The second-order valence-corrected chi connectivity index (χ2v) is 6.34. The standard InChI is InChI=1S/C19H23NO2/c1-19(2,3)16-9-11-17(12-10-16)22-13-14-5-7-15(8-6-14)18(21)20-4/h5-12H,13H2,1-4H3,(H,20,21). The molecule has 0 aromatic heterocycles. The molecule has 22 heavy (non-hydrogen) atoms. The molecule has 1 amide bonds. The maximum absolute atomic E-state index is 11.5. The largest absolute Gasteiger partial charge is 0.489 e. The summed E-state index contributed by atoms with van der Waals surface area (Å²) in [6.45, 7) is 7.06. The third-order valence-corrected chi connectivity index (χ3v) is 3.57. The molecule has 0 unspecified atom stereocenters. The van der Waals surface area contributed by atoms with Crippen molar-refractivity contribution < 1.29 is 9.53 Å². The van der Waals surface area contributed by atoms with Crippen LogP contribution in [0.25, 0.3) is 0 Å². The number of ether oxygens (including phenoxy) is 1. The van der Waals surface area contributed by atoms with Crippen LogP contribution in [0.15, 0.2) is 48.5 Å². The van der Waals surface area contributed by atoms with E-state index in [9.17, 15) is 4.79 Å². The van der Waals surface area contributed by atoms with Crippen molar-refractivity contribution in [3.05, 3.63) is 65.2 Å². The Labute approximate surface area is 132 Å². The molecule has 0 fully saturated rings. The summed E-state index contributed by atoms with van der Waals surface area (Å²) in [5, 5.41) is 2.61. The molecule has 2 aromatic rings. The van der Waals surface area contributed by atoms with E-state index in [-0.39, 0.29) is 11.3 Å². The van der Waals surface area contributed by atoms with Gasteiger partial charge >= 0.3 is 0 Å². The first kappa shape index (κ1) is 16.1. The van der Waals surface area contributed by atoms with Crippen LogP contribution in [-0.2, 0) is 12.0 Å². The van der Waals surface area contributed by atoms with E-state index in [2.05, 4.69) is 38.2 Å². The zero-order valence-corrected chi connectivity index (χ0v) is 13.6. The summed E-state index contributed by atoms with van der Waals surface area (Å²) in [4.78, 5) is 11.5. The Morgan fingerprint density at radius 3 is 2.09 bits per heavy atom. The van der Waals surface area contributed by atoms with Crippen molar-refractivity contribution in [2.45, 2.75) is 32.8 Å². The molecule has 0 aliphatic rings.